The minimum atomic E-state index is -0.392. The van der Waals surface area contributed by atoms with Crippen molar-refractivity contribution in [2.75, 3.05) is 5.32 Å². The third-order valence-corrected chi connectivity index (χ3v) is 4.95. The van der Waals surface area contributed by atoms with Crippen molar-refractivity contribution in [3.63, 3.8) is 0 Å². The van der Waals surface area contributed by atoms with E-state index < -0.39 is 5.63 Å². The van der Waals surface area contributed by atoms with Crippen molar-refractivity contribution in [1.82, 2.24) is 5.32 Å². The van der Waals surface area contributed by atoms with E-state index in [1.54, 1.807) is 24.5 Å². The normalized spacial score (nSPS) is 10.8. The molecular weight excluding hydrogens is 380 g/mol. The Bertz CT molecular complexity index is 1230. The number of furan rings is 1. The van der Waals surface area contributed by atoms with Gasteiger partial charge in [-0.25, -0.2) is 4.79 Å². The van der Waals surface area contributed by atoms with E-state index in [0.29, 0.717) is 35.7 Å². The first-order chi connectivity index (χ1) is 14.6. The van der Waals surface area contributed by atoms with Crippen LogP contribution in [0, 0.1) is 0 Å². The van der Waals surface area contributed by atoms with E-state index in [0.717, 1.165) is 22.9 Å². The lowest BCUT2D eigenvalue weighted by Crippen LogP contribution is -2.23. The number of aryl methyl sites for hydroxylation is 1. The largest absolute Gasteiger partial charge is 0.467 e. The number of anilines is 1. The molecule has 1 amide bonds. The highest BCUT2D eigenvalue weighted by Gasteiger charge is 2.12. The molecule has 152 valence electrons. The molecule has 4 aromatic rings. The van der Waals surface area contributed by atoms with E-state index in [9.17, 15) is 9.59 Å². The third kappa shape index (κ3) is 4.27. The highest BCUT2D eigenvalue weighted by atomic mass is 16.4. The molecule has 0 unspecified atom stereocenters. The summed E-state index contributed by atoms with van der Waals surface area (Å²) < 4.78 is 10.6. The third-order valence-electron chi connectivity index (χ3n) is 4.95. The highest BCUT2D eigenvalue weighted by molar-refractivity contribution is 5.99. The minimum absolute atomic E-state index is 0.209. The van der Waals surface area contributed by atoms with Crippen LogP contribution in [0.3, 0.4) is 0 Å². The van der Waals surface area contributed by atoms with Crippen LogP contribution in [0.2, 0.25) is 0 Å². The zero-order valence-corrected chi connectivity index (χ0v) is 16.6. The smallest absolute Gasteiger partial charge is 0.336 e. The van der Waals surface area contributed by atoms with Crippen molar-refractivity contribution in [1.29, 1.82) is 0 Å². The summed E-state index contributed by atoms with van der Waals surface area (Å²) in [5.74, 6) is 0.474. The quantitative estimate of drug-likeness (QED) is 0.445. The van der Waals surface area contributed by atoms with Crippen LogP contribution in [-0.2, 0) is 19.5 Å². The number of hydrogen-bond acceptors (Lipinski definition) is 5. The Balaban J connectivity index is 1.54. The zero-order valence-electron chi connectivity index (χ0n) is 16.6. The van der Waals surface area contributed by atoms with Crippen molar-refractivity contribution in [3.05, 3.63) is 99.8 Å². The lowest BCUT2D eigenvalue weighted by atomic mass is 10.1. The molecule has 0 atom stereocenters. The maximum atomic E-state index is 12.7. The number of amides is 1. The number of benzene rings is 2. The molecule has 2 N–H and O–H groups in total. The van der Waals surface area contributed by atoms with Crippen LogP contribution in [0.25, 0.3) is 11.0 Å². The molecule has 6 nitrogen and oxygen atoms in total. The van der Waals surface area contributed by atoms with E-state index in [-0.39, 0.29) is 5.91 Å². The second-order valence-corrected chi connectivity index (χ2v) is 6.94. The fraction of sp³-hybridized carbons (Fsp3) is 0.167. The molecular formula is C24H22N2O4. The van der Waals surface area contributed by atoms with Gasteiger partial charge in [-0.05, 0) is 47.9 Å². The predicted octanol–water partition coefficient (Wildman–Crippen LogP) is 4.49. The van der Waals surface area contributed by atoms with Gasteiger partial charge in [-0.15, -0.1) is 0 Å². The van der Waals surface area contributed by atoms with E-state index in [1.807, 2.05) is 36.4 Å². The van der Waals surface area contributed by atoms with Gasteiger partial charge in [-0.3, -0.25) is 4.79 Å². The standard InChI is InChI=1S/C24H22N2O4/c1-2-16-9-10-19-17(13-23(27)30-22(19)12-16)14-25-21-8-4-3-7-20(21)24(28)26-15-18-6-5-11-29-18/h3-13,25H,2,14-15H2,1H3,(H,26,28). The van der Waals surface area contributed by atoms with Crippen LogP contribution in [0.4, 0.5) is 5.69 Å². The van der Waals surface area contributed by atoms with Gasteiger partial charge in [0, 0.05) is 23.7 Å². The molecule has 30 heavy (non-hydrogen) atoms. The van der Waals surface area contributed by atoms with Gasteiger partial charge < -0.3 is 19.5 Å². The molecule has 0 fully saturated rings. The Hall–Kier alpha value is -3.80. The summed E-state index contributed by atoms with van der Waals surface area (Å²) in [4.78, 5) is 24.7. The van der Waals surface area contributed by atoms with Gasteiger partial charge in [0.1, 0.15) is 11.3 Å². The fourth-order valence-electron chi connectivity index (χ4n) is 3.34. The summed E-state index contributed by atoms with van der Waals surface area (Å²) >= 11 is 0. The molecule has 6 heteroatoms. The maximum absolute atomic E-state index is 12.7. The first kappa shape index (κ1) is 19.5. The SMILES string of the molecule is CCc1ccc2c(CNc3ccccc3C(=O)NCc3ccco3)cc(=O)oc2c1. The average Bonchev–Trinajstić information content (AvgIpc) is 3.29. The van der Waals surface area contributed by atoms with Gasteiger partial charge in [-0.2, -0.15) is 0 Å². The van der Waals surface area contributed by atoms with Crippen molar-refractivity contribution < 1.29 is 13.6 Å². The van der Waals surface area contributed by atoms with Crippen LogP contribution in [0.5, 0.6) is 0 Å². The minimum Gasteiger partial charge on any atom is -0.467 e. The fourth-order valence-corrected chi connectivity index (χ4v) is 3.34. The molecule has 0 saturated carbocycles. The lowest BCUT2D eigenvalue weighted by molar-refractivity contribution is 0.0949. The molecule has 0 aliphatic rings. The molecule has 2 aromatic heterocycles. The van der Waals surface area contributed by atoms with Gasteiger partial charge >= 0.3 is 5.63 Å². The Morgan fingerprint density at radius 1 is 1.00 bits per heavy atom. The Labute approximate surface area is 173 Å². The molecule has 0 bridgehead atoms. The highest BCUT2D eigenvalue weighted by Crippen LogP contribution is 2.22. The van der Waals surface area contributed by atoms with Gasteiger partial charge in [-0.1, -0.05) is 31.2 Å². The van der Waals surface area contributed by atoms with Crippen LogP contribution in [0.1, 0.15) is 34.2 Å². The first-order valence-electron chi connectivity index (χ1n) is 9.83. The van der Waals surface area contributed by atoms with Crippen LogP contribution >= 0.6 is 0 Å². The molecule has 0 spiro atoms. The second kappa shape index (κ2) is 8.69. The van der Waals surface area contributed by atoms with Crippen LogP contribution < -0.4 is 16.3 Å². The second-order valence-electron chi connectivity index (χ2n) is 6.94. The summed E-state index contributed by atoms with van der Waals surface area (Å²) in [6.07, 6.45) is 2.43. The number of para-hydroxylation sites is 1. The topological polar surface area (TPSA) is 84.5 Å². The van der Waals surface area contributed by atoms with Gasteiger partial charge in [0.05, 0.1) is 18.4 Å². The lowest BCUT2D eigenvalue weighted by Gasteiger charge is -2.13. The van der Waals surface area contributed by atoms with Gasteiger partial charge in [0.2, 0.25) is 0 Å². The molecule has 0 aliphatic carbocycles. The summed E-state index contributed by atoms with van der Waals surface area (Å²) in [5, 5.41) is 7.01. The Morgan fingerprint density at radius 3 is 2.67 bits per heavy atom. The van der Waals surface area contributed by atoms with Crippen LogP contribution in [0.15, 0.2) is 80.6 Å². The number of carbonyl (C=O) groups excluding carboxylic acids is 1. The van der Waals surface area contributed by atoms with Crippen molar-refractivity contribution in [2.45, 2.75) is 26.4 Å². The van der Waals surface area contributed by atoms with Crippen molar-refractivity contribution in [3.8, 4) is 0 Å². The van der Waals surface area contributed by atoms with Crippen LogP contribution in [-0.4, -0.2) is 5.91 Å². The van der Waals surface area contributed by atoms with Gasteiger partial charge in [0.25, 0.3) is 5.91 Å². The Kier molecular flexibility index (Phi) is 5.66. The molecule has 0 aliphatic heterocycles. The van der Waals surface area contributed by atoms with E-state index in [2.05, 4.69) is 17.6 Å². The number of fused-ring (bicyclic) bond motifs is 1. The van der Waals surface area contributed by atoms with E-state index in [4.69, 9.17) is 8.83 Å². The molecule has 2 aromatic carbocycles. The number of nitrogens with one attached hydrogen (secondary N) is 2. The molecule has 4 rings (SSSR count). The molecule has 2 heterocycles. The molecule has 0 radical (unpaired) electrons. The number of carbonyl (C=O) groups is 1. The maximum Gasteiger partial charge on any atom is 0.336 e. The van der Waals surface area contributed by atoms with Gasteiger partial charge in [0.15, 0.2) is 0 Å². The predicted molar refractivity (Wildman–Crippen MR) is 116 cm³/mol. The zero-order chi connectivity index (χ0) is 20.9. The Morgan fingerprint density at radius 2 is 1.87 bits per heavy atom. The monoisotopic (exact) mass is 402 g/mol. The number of rotatable bonds is 7. The summed E-state index contributed by atoms with van der Waals surface area (Å²) in [6, 6.07) is 18.2. The summed E-state index contributed by atoms with van der Waals surface area (Å²) in [5.41, 5.74) is 3.30. The number of hydrogen-bond donors (Lipinski definition) is 2. The summed E-state index contributed by atoms with van der Waals surface area (Å²) in [6.45, 7) is 2.75. The van der Waals surface area contributed by atoms with E-state index in [1.165, 1.54) is 6.07 Å². The van der Waals surface area contributed by atoms with E-state index >= 15 is 0 Å². The summed E-state index contributed by atoms with van der Waals surface area (Å²) in [7, 11) is 0. The van der Waals surface area contributed by atoms with Crippen molar-refractivity contribution in [2.24, 2.45) is 0 Å². The first-order valence-corrected chi connectivity index (χ1v) is 9.83. The average molecular weight is 402 g/mol. The van der Waals surface area contributed by atoms with Crippen molar-refractivity contribution >= 4 is 22.6 Å². The molecule has 0 saturated heterocycles.